The molecule has 0 bridgehead atoms. The fourth-order valence-corrected chi connectivity index (χ4v) is 1.85. The molecule has 0 unspecified atom stereocenters. The van der Waals surface area contributed by atoms with Crippen LogP contribution in [-0.2, 0) is 0 Å². The molecule has 0 amide bonds. The van der Waals surface area contributed by atoms with Crippen LogP contribution in [0.1, 0.15) is 11.3 Å². The highest BCUT2D eigenvalue weighted by Crippen LogP contribution is 2.22. The fourth-order valence-electron chi connectivity index (χ4n) is 1.36. The normalized spacial score (nSPS) is 10.1. The highest BCUT2D eigenvalue weighted by atomic mass is 79.9. The van der Waals surface area contributed by atoms with Gasteiger partial charge in [-0.1, -0.05) is 34.2 Å². The molecule has 3 N–H and O–H groups in total. The second-order valence-corrected chi connectivity index (χ2v) is 5.01. The van der Waals surface area contributed by atoms with Crippen LogP contribution in [-0.4, -0.2) is 15.0 Å². The number of nitrogens with zero attached hydrogens (tertiary/aromatic N) is 2. The Hall–Kier alpha value is -1.53. The SMILES string of the molecule is Cc1ccc(Nc2nccc(C(N)=S)n2)cc1Br. The number of anilines is 2. The van der Waals surface area contributed by atoms with E-state index in [1.807, 2.05) is 25.1 Å². The Morgan fingerprint density at radius 3 is 2.83 bits per heavy atom. The lowest BCUT2D eigenvalue weighted by Gasteiger charge is -2.07. The van der Waals surface area contributed by atoms with Crippen molar-refractivity contribution in [2.45, 2.75) is 6.92 Å². The summed E-state index contributed by atoms with van der Waals surface area (Å²) in [4.78, 5) is 8.59. The molecule has 0 atom stereocenters. The minimum Gasteiger partial charge on any atom is -0.388 e. The van der Waals surface area contributed by atoms with E-state index in [-0.39, 0.29) is 4.99 Å². The molecule has 6 heteroatoms. The van der Waals surface area contributed by atoms with Crippen molar-refractivity contribution in [2.75, 3.05) is 5.32 Å². The molecule has 0 aliphatic rings. The van der Waals surface area contributed by atoms with E-state index < -0.39 is 0 Å². The van der Waals surface area contributed by atoms with Crippen LogP contribution < -0.4 is 11.1 Å². The summed E-state index contributed by atoms with van der Waals surface area (Å²) in [7, 11) is 0. The minimum atomic E-state index is 0.255. The van der Waals surface area contributed by atoms with Crippen molar-refractivity contribution >= 4 is 44.8 Å². The number of hydrogen-bond donors (Lipinski definition) is 2. The summed E-state index contributed by atoms with van der Waals surface area (Å²) in [5.74, 6) is 0.469. The summed E-state index contributed by atoms with van der Waals surface area (Å²) >= 11 is 8.35. The highest BCUT2D eigenvalue weighted by Gasteiger charge is 2.03. The van der Waals surface area contributed by atoms with Gasteiger partial charge in [-0.3, -0.25) is 0 Å². The van der Waals surface area contributed by atoms with Crippen molar-refractivity contribution in [1.29, 1.82) is 0 Å². The standard InChI is InChI=1S/C12H11BrN4S/c1-7-2-3-8(6-9(7)13)16-12-15-5-4-10(17-12)11(14)18/h2-6H,1H3,(H2,14,18)(H,15,16,17). The zero-order valence-electron chi connectivity index (χ0n) is 9.64. The zero-order valence-corrected chi connectivity index (χ0v) is 12.0. The van der Waals surface area contributed by atoms with E-state index >= 15 is 0 Å². The lowest BCUT2D eigenvalue weighted by atomic mass is 10.2. The molecule has 0 aliphatic carbocycles. The van der Waals surface area contributed by atoms with Gasteiger partial charge in [-0.2, -0.15) is 0 Å². The van der Waals surface area contributed by atoms with Crippen LogP contribution in [0, 0.1) is 6.92 Å². The molecule has 18 heavy (non-hydrogen) atoms. The molecule has 0 aliphatic heterocycles. The Balaban J connectivity index is 2.25. The molecule has 1 aromatic heterocycles. The van der Waals surface area contributed by atoms with Gasteiger partial charge in [0.25, 0.3) is 0 Å². The van der Waals surface area contributed by atoms with E-state index in [1.54, 1.807) is 12.3 Å². The third-order valence-electron chi connectivity index (χ3n) is 2.34. The first-order chi connectivity index (χ1) is 8.56. The maximum atomic E-state index is 5.53. The summed E-state index contributed by atoms with van der Waals surface area (Å²) in [6.45, 7) is 2.03. The van der Waals surface area contributed by atoms with Crippen LogP contribution in [0.3, 0.4) is 0 Å². The van der Waals surface area contributed by atoms with Gasteiger partial charge in [0.05, 0.1) is 0 Å². The van der Waals surface area contributed by atoms with Crippen molar-refractivity contribution < 1.29 is 0 Å². The molecular weight excluding hydrogens is 312 g/mol. The maximum absolute atomic E-state index is 5.53. The number of nitrogens with two attached hydrogens (primary N) is 1. The van der Waals surface area contributed by atoms with Gasteiger partial charge < -0.3 is 11.1 Å². The third kappa shape index (κ3) is 3.02. The second kappa shape index (κ2) is 5.41. The first-order valence-electron chi connectivity index (χ1n) is 5.22. The van der Waals surface area contributed by atoms with Crippen LogP contribution in [0.2, 0.25) is 0 Å². The monoisotopic (exact) mass is 322 g/mol. The number of thiocarbonyl (C=S) groups is 1. The van der Waals surface area contributed by atoms with Gasteiger partial charge >= 0.3 is 0 Å². The quantitative estimate of drug-likeness (QED) is 0.851. The van der Waals surface area contributed by atoms with Crippen molar-refractivity contribution in [2.24, 2.45) is 5.73 Å². The first-order valence-corrected chi connectivity index (χ1v) is 6.42. The van der Waals surface area contributed by atoms with Crippen molar-refractivity contribution in [3.63, 3.8) is 0 Å². The number of halogens is 1. The number of hydrogen-bond acceptors (Lipinski definition) is 4. The summed E-state index contributed by atoms with van der Waals surface area (Å²) < 4.78 is 1.03. The van der Waals surface area contributed by atoms with E-state index in [0.29, 0.717) is 11.6 Å². The number of aromatic nitrogens is 2. The molecule has 0 saturated carbocycles. The van der Waals surface area contributed by atoms with E-state index in [9.17, 15) is 0 Å². The van der Waals surface area contributed by atoms with Gasteiger partial charge in [0.1, 0.15) is 10.7 Å². The molecule has 0 saturated heterocycles. The smallest absolute Gasteiger partial charge is 0.227 e. The molecule has 92 valence electrons. The van der Waals surface area contributed by atoms with Crippen LogP contribution in [0.4, 0.5) is 11.6 Å². The number of nitrogens with one attached hydrogen (secondary N) is 1. The average Bonchev–Trinajstić information content (AvgIpc) is 2.34. The molecular formula is C12H11BrN4S. The summed E-state index contributed by atoms with van der Waals surface area (Å²) in [5.41, 5.74) is 8.14. The van der Waals surface area contributed by atoms with E-state index in [2.05, 4.69) is 31.2 Å². The lowest BCUT2D eigenvalue weighted by molar-refractivity contribution is 1.15. The predicted octanol–water partition coefficient (Wildman–Crippen LogP) is 2.93. The summed E-state index contributed by atoms with van der Waals surface area (Å²) in [5, 5.41) is 3.10. The molecule has 1 aromatic carbocycles. The summed E-state index contributed by atoms with van der Waals surface area (Å²) in [6, 6.07) is 7.60. The Morgan fingerprint density at radius 2 is 2.17 bits per heavy atom. The molecule has 0 radical (unpaired) electrons. The highest BCUT2D eigenvalue weighted by molar-refractivity contribution is 9.10. The topological polar surface area (TPSA) is 63.8 Å². The fraction of sp³-hybridized carbons (Fsp3) is 0.0833. The van der Waals surface area contributed by atoms with Gasteiger partial charge in [-0.15, -0.1) is 0 Å². The Labute approximate surface area is 119 Å². The lowest BCUT2D eigenvalue weighted by Crippen LogP contribution is -2.12. The Bertz CT molecular complexity index is 600. The average molecular weight is 323 g/mol. The molecule has 1 heterocycles. The number of benzene rings is 1. The van der Waals surface area contributed by atoms with Crippen molar-refractivity contribution in [3.05, 3.63) is 46.2 Å². The van der Waals surface area contributed by atoms with Gasteiger partial charge in [-0.25, -0.2) is 9.97 Å². The third-order valence-corrected chi connectivity index (χ3v) is 3.40. The molecule has 4 nitrogen and oxygen atoms in total. The van der Waals surface area contributed by atoms with E-state index in [4.69, 9.17) is 18.0 Å². The second-order valence-electron chi connectivity index (χ2n) is 3.72. The Kier molecular flexibility index (Phi) is 3.88. The largest absolute Gasteiger partial charge is 0.388 e. The van der Waals surface area contributed by atoms with Gasteiger partial charge in [0.2, 0.25) is 5.95 Å². The molecule has 2 aromatic rings. The van der Waals surface area contributed by atoms with Crippen LogP contribution in [0.15, 0.2) is 34.9 Å². The van der Waals surface area contributed by atoms with Crippen LogP contribution >= 0.6 is 28.1 Å². The van der Waals surface area contributed by atoms with Crippen molar-refractivity contribution in [3.8, 4) is 0 Å². The summed E-state index contributed by atoms with van der Waals surface area (Å²) in [6.07, 6.45) is 1.62. The van der Waals surface area contributed by atoms with E-state index in [1.165, 1.54) is 5.56 Å². The number of rotatable bonds is 3. The predicted molar refractivity (Wildman–Crippen MR) is 80.1 cm³/mol. The molecule has 0 fully saturated rings. The number of aryl methyl sites for hydroxylation is 1. The van der Waals surface area contributed by atoms with E-state index in [0.717, 1.165) is 10.2 Å². The molecule has 0 spiro atoms. The van der Waals surface area contributed by atoms with Gasteiger partial charge in [0, 0.05) is 16.4 Å². The van der Waals surface area contributed by atoms with Crippen LogP contribution in [0.25, 0.3) is 0 Å². The van der Waals surface area contributed by atoms with Crippen molar-refractivity contribution in [1.82, 2.24) is 9.97 Å². The van der Waals surface area contributed by atoms with Crippen LogP contribution in [0.5, 0.6) is 0 Å². The van der Waals surface area contributed by atoms with Gasteiger partial charge in [-0.05, 0) is 30.7 Å². The Morgan fingerprint density at radius 1 is 1.39 bits per heavy atom. The molecule has 2 rings (SSSR count). The maximum Gasteiger partial charge on any atom is 0.227 e. The zero-order chi connectivity index (χ0) is 13.1. The van der Waals surface area contributed by atoms with Gasteiger partial charge in [0.15, 0.2) is 0 Å². The minimum absolute atomic E-state index is 0.255. The first kappa shape index (κ1) is 12.9.